The minimum Gasteiger partial charge on any atom is -0.383 e. The molecule has 0 atom stereocenters. The van der Waals surface area contributed by atoms with Crippen molar-refractivity contribution >= 4 is 39.4 Å². The highest BCUT2D eigenvalue weighted by Gasteiger charge is 2.18. The molecule has 0 spiro atoms. The summed E-state index contributed by atoms with van der Waals surface area (Å²) in [5.41, 5.74) is 11.3. The van der Waals surface area contributed by atoms with Gasteiger partial charge in [-0.2, -0.15) is 0 Å². The molecule has 0 saturated heterocycles. The van der Waals surface area contributed by atoms with Gasteiger partial charge in [-0.3, -0.25) is 0 Å². The average Bonchev–Trinajstić information content (AvgIpc) is 2.85. The van der Waals surface area contributed by atoms with Crippen LogP contribution in [0.15, 0.2) is 30.6 Å². The van der Waals surface area contributed by atoms with E-state index in [1.807, 2.05) is 24.0 Å². The summed E-state index contributed by atoms with van der Waals surface area (Å²) < 4.78 is 2.95. The Morgan fingerprint density at radius 2 is 1.95 bits per heavy atom. The maximum absolute atomic E-state index is 6.12. The molecule has 2 N–H and O–H groups in total. The summed E-state index contributed by atoms with van der Waals surface area (Å²) in [4.78, 5) is 9.16. The maximum Gasteiger partial charge on any atom is 0.139 e. The number of halogens is 1. The Morgan fingerprint density at radius 1 is 1.24 bits per heavy atom. The highest BCUT2D eigenvalue weighted by atomic mass is 127. The number of hydrogen-bond acceptors (Lipinski definition) is 3. The molecule has 108 valence electrons. The van der Waals surface area contributed by atoms with E-state index < -0.39 is 0 Å². The first-order valence-electron chi connectivity index (χ1n) is 6.86. The minimum atomic E-state index is 0.419. The van der Waals surface area contributed by atoms with Crippen LogP contribution in [0.1, 0.15) is 25.3 Å². The molecule has 4 nitrogen and oxygen atoms in total. The number of pyridine rings is 1. The minimum absolute atomic E-state index is 0.419. The molecule has 0 radical (unpaired) electrons. The van der Waals surface area contributed by atoms with Crippen LogP contribution in [0.25, 0.3) is 22.3 Å². The zero-order valence-electron chi connectivity index (χ0n) is 12.3. The van der Waals surface area contributed by atoms with E-state index >= 15 is 0 Å². The lowest BCUT2D eigenvalue weighted by Crippen LogP contribution is -2.02. The SMILES string of the molecule is CC(C)c1ccccc1-c1nc(N)c(I)c2c1ncn2C. The van der Waals surface area contributed by atoms with E-state index in [9.17, 15) is 0 Å². The van der Waals surface area contributed by atoms with Crippen LogP contribution in [-0.2, 0) is 7.05 Å². The Bertz CT molecular complexity index is 821. The molecule has 0 aliphatic carbocycles. The zero-order valence-corrected chi connectivity index (χ0v) is 14.4. The molecule has 0 unspecified atom stereocenters. The first-order valence-corrected chi connectivity index (χ1v) is 7.94. The van der Waals surface area contributed by atoms with Crippen LogP contribution in [0.3, 0.4) is 0 Å². The van der Waals surface area contributed by atoms with E-state index in [-0.39, 0.29) is 0 Å². The van der Waals surface area contributed by atoms with Crippen molar-refractivity contribution in [3.8, 4) is 11.3 Å². The summed E-state index contributed by atoms with van der Waals surface area (Å²) in [6.07, 6.45) is 1.81. The highest BCUT2D eigenvalue weighted by molar-refractivity contribution is 14.1. The van der Waals surface area contributed by atoms with Gasteiger partial charge in [0.25, 0.3) is 0 Å². The Labute approximate surface area is 137 Å². The molecule has 0 fully saturated rings. The smallest absolute Gasteiger partial charge is 0.139 e. The lowest BCUT2D eigenvalue weighted by atomic mass is 9.94. The van der Waals surface area contributed by atoms with E-state index in [0.717, 1.165) is 25.9 Å². The fraction of sp³-hybridized carbons (Fsp3) is 0.250. The molecule has 0 bridgehead atoms. The van der Waals surface area contributed by atoms with Crippen molar-refractivity contribution in [2.75, 3.05) is 5.73 Å². The van der Waals surface area contributed by atoms with Crippen LogP contribution >= 0.6 is 22.6 Å². The van der Waals surface area contributed by atoms with Gasteiger partial charge in [-0.1, -0.05) is 38.1 Å². The lowest BCUT2D eigenvalue weighted by Gasteiger charge is -2.14. The largest absolute Gasteiger partial charge is 0.383 e. The van der Waals surface area contributed by atoms with E-state index in [1.54, 1.807) is 0 Å². The molecular formula is C16H17IN4. The Morgan fingerprint density at radius 3 is 2.67 bits per heavy atom. The summed E-state index contributed by atoms with van der Waals surface area (Å²) in [6.45, 7) is 4.37. The second-order valence-electron chi connectivity index (χ2n) is 5.45. The quantitative estimate of drug-likeness (QED) is 0.672. The summed E-state index contributed by atoms with van der Waals surface area (Å²) >= 11 is 2.23. The van der Waals surface area contributed by atoms with E-state index in [2.05, 4.69) is 64.6 Å². The van der Waals surface area contributed by atoms with Crippen LogP contribution in [0, 0.1) is 3.57 Å². The monoisotopic (exact) mass is 392 g/mol. The lowest BCUT2D eigenvalue weighted by molar-refractivity contribution is 0.868. The number of fused-ring (bicyclic) bond motifs is 1. The third-order valence-corrected chi connectivity index (χ3v) is 4.73. The Hall–Kier alpha value is -1.63. The highest BCUT2D eigenvalue weighted by Crippen LogP contribution is 2.35. The average molecular weight is 392 g/mol. The second kappa shape index (κ2) is 5.29. The molecular weight excluding hydrogens is 375 g/mol. The summed E-state index contributed by atoms with van der Waals surface area (Å²) in [6, 6.07) is 8.33. The van der Waals surface area contributed by atoms with Gasteiger partial charge in [0.05, 0.1) is 15.4 Å². The normalized spacial score (nSPS) is 11.5. The van der Waals surface area contributed by atoms with Crippen molar-refractivity contribution in [2.45, 2.75) is 19.8 Å². The zero-order chi connectivity index (χ0) is 15.1. The third-order valence-electron chi connectivity index (χ3n) is 3.66. The van der Waals surface area contributed by atoms with Crippen LogP contribution < -0.4 is 5.73 Å². The number of nitrogens with two attached hydrogens (primary N) is 1. The van der Waals surface area contributed by atoms with Crippen LogP contribution in [0.2, 0.25) is 0 Å². The molecule has 1 aromatic carbocycles. The third kappa shape index (κ3) is 2.29. The van der Waals surface area contributed by atoms with Crippen LogP contribution in [0.5, 0.6) is 0 Å². The molecule has 2 heterocycles. The van der Waals surface area contributed by atoms with Gasteiger partial charge >= 0.3 is 0 Å². The van der Waals surface area contributed by atoms with Gasteiger partial charge in [0, 0.05) is 12.6 Å². The molecule has 0 aliphatic rings. The van der Waals surface area contributed by atoms with Crippen molar-refractivity contribution < 1.29 is 0 Å². The van der Waals surface area contributed by atoms with Crippen molar-refractivity contribution in [1.82, 2.24) is 14.5 Å². The fourth-order valence-electron chi connectivity index (χ4n) is 2.61. The summed E-state index contributed by atoms with van der Waals surface area (Å²) in [5, 5.41) is 0. The van der Waals surface area contributed by atoms with Crippen molar-refractivity contribution in [3.05, 3.63) is 39.7 Å². The number of aromatic nitrogens is 3. The van der Waals surface area contributed by atoms with Crippen LogP contribution in [-0.4, -0.2) is 14.5 Å². The Balaban J connectivity index is 2.39. The van der Waals surface area contributed by atoms with Crippen molar-refractivity contribution in [3.63, 3.8) is 0 Å². The number of aryl methyl sites for hydroxylation is 1. The number of hydrogen-bond donors (Lipinski definition) is 1. The molecule has 2 aromatic heterocycles. The fourth-order valence-corrected chi connectivity index (χ4v) is 3.37. The van der Waals surface area contributed by atoms with E-state index in [0.29, 0.717) is 11.7 Å². The molecule has 0 amide bonds. The van der Waals surface area contributed by atoms with Gasteiger partial charge in [0.1, 0.15) is 17.0 Å². The number of imidazole rings is 1. The van der Waals surface area contributed by atoms with Crippen LogP contribution in [0.4, 0.5) is 5.82 Å². The van der Waals surface area contributed by atoms with Gasteiger partial charge < -0.3 is 10.3 Å². The Kier molecular flexibility index (Phi) is 3.61. The number of rotatable bonds is 2. The van der Waals surface area contributed by atoms with Crippen molar-refractivity contribution in [1.29, 1.82) is 0 Å². The van der Waals surface area contributed by atoms with Gasteiger partial charge in [-0.15, -0.1) is 0 Å². The predicted octanol–water partition coefficient (Wildman–Crippen LogP) is 3.95. The number of benzene rings is 1. The first-order chi connectivity index (χ1) is 10.0. The van der Waals surface area contributed by atoms with E-state index in [1.165, 1.54) is 5.56 Å². The maximum atomic E-state index is 6.12. The molecule has 5 heteroatoms. The summed E-state index contributed by atoms with van der Waals surface area (Å²) in [5.74, 6) is 0.975. The number of anilines is 1. The molecule has 0 aliphatic heterocycles. The standard InChI is InChI=1S/C16H17IN4/c1-9(2)10-6-4-5-7-11(10)13-14-15(21(3)8-19-14)12(17)16(18)20-13/h4-9H,1-3H3,(H2,18,20). The topological polar surface area (TPSA) is 56.7 Å². The number of nitrogens with zero attached hydrogens (tertiary/aromatic N) is 3. The van der Waals surface area contributed by atoms with E-state index in [4.69, 9.17) is 5.73 Å². The predicted molar refractivity (Wildman–Crippen MR) is 95.2 cm³/mol. The molecule has 21 heavy (non-hydrogen) atoms. The number of nitrogen functional groups attached to an aromatic ring is 1. The molecule has 0 saturated carbocycles. The summed E-state index contributed by atoms with van der Waals surface area (Å²) in [7, 11) is 1.98. The van der Waals surface area contributed by atoms with Gasteiger partial charge in [-0.05, 0) is 34.1 Å². The molecule has 3 aromatic rings. The van der Waals surface area contributed by atoms with Gasteiger partial charge in [-0.25, -0.2) is 9.97 Å². The first kappa shape index (κ1) is 14.3. The second-order valence-corrected chi connectivity index (χ2v) is 6.53. The van der Waals surface area contributed by atoms with Gasteiger partial charge in [0.15, 0.2) is 0 Å². The molecule has 3 rings (SSSR count). The van der Waals surface area contributed by atoms with Crippen molar-refractivity contribution in [2.24, 2.45) is 7.05 Å². The van der Waals surface area contributed by atoms with Gasteiger partial charge in [0.2, 0.25) is 0 Å².